The molecule has 0 aromatic heterocycles. The van der Waals surface area contributed by atoms with E-state index in [1.54, 1.807) is 26.0 Å². The minimum Gasteiger partial charge on any atom is -0.463 e. The number of para-hydroxylation sites is 2. The van der Waals surface area contributed by atoms with Gasteiger partial charge in [-0.15, -0.1) is 0 Å². The first-order valence-electron chi connectivity index (χ1n) is 5.62. The average Bonchev–Trinajstić information content (AvgIpc) is 2.32. The Hall–Kier alpha value is -2.10. The molecule has 18 heavy (non-hydrogen) atoms. The van der Waals surface area contributed by atoms with Crippen molar-refractivity contribution >= 4 is 0 Å². The summed E-state index contributed by atoms with van der Waals surface area (Å²) in [5.74, 6) is 1.15. The van der Waals surface area contributed by atoms with Crippen LogP contribution in [0.4, 0.5) is 0 Å². The Morgan fingerprint density at radius 2 is 1.28 bits per heavy atom. The summed E-state index contributed by atoms with van der Waals surface area (Å²) in [6.07, 6.45) is 1.78. The van der Waals surface area contributed by atoms with Crippen LogP contribution in [0.1, 0.15) is 13.8 Å². The van der Waals surface area contributed by atoms with Gasteiger partial charge in [0.1, 0.15) is 0 Å². The van der Waals surface area contributed by atoms with Gasteiger partial charge in [0.05, 0.1) is 12.5 Å². The Bertz CT molecular complexity index is 352. The molecule has 2 unspecified atom stereocenters. The minimum atomic E-state index is -0.442. The number of ether oxygens (including phenoxy) is 4. The van der Waals surface area contributed by atoms with Gasteiger partial charge < -0.3 is 18.9 Å². The summed E-state index contributed by atoms with van der Waals surface area (Å²) >= 11 is 0. The zero-order chi connectivity index (χ0) is 13.4. The monoisotopic (exact) mass is 250 g/mol. The van der Waals surface area contributed by atoms with Crippen molar-refractivity contribution in [2.45, 2.75) is 26.4 Å². The van der Waals surface area contributed by atoms with Crippen molar-refractivity contribution in [1.29, 1.82) is 0 Å². The molecule has 0 saturated heterocycles. The van der Waals surface area contributed by atoms with Gasteiger partial charge in [0, 0.05) is 13.8 Å². The fourth-order valence-electron chi connectivity index (χ4n) is 1.33. The number of hydrogen-bond acceptors (Lipinski definition) is 4. The maximum atomic E-state index is 5.57. The summed E-state index contributed by atoms with van der Waals surface area (Å²) in [6.45, 7) is 10.5. The van der Waals surface area contributed by atoms with Crippen molar-refractivity contribution in [1.82, 2.24) is 0 Å². The zero-order valence-corrected chi connectivity index (χ0v) is 10.7. The Balaban J connectivity index is 2.72. The highest BCUT2D eigenvalue weighted by Crippen LogP contribution is 2.28. The quantitative estimate of drug-likeness (QED) is 0.523. The smallest absolute Gasteiger partial charge is 0.237 e. The third kappa shape index (κ3) is 4.41. The molecule has 0 bridgehead atoms. The standard InChI is InChI=1S/C14H18O4/c1-5-15-11(3)17-13-9-7-8-10-14(13)18-12(4)16-6-2/h5-12H,1-2H2,3-4H3. The molecule has 0 amide bonds. The van der Waals surface area contributed by atoms with Crippen molar-refractivity contribution in [3.63, 3.8) is 0 Å². The minimum absolute atomic E-state index is 0.442. The van der Waals surface area contributed by atoms with Crippen molar-refractivity contribution in [3.8, 4) is 11.5 Å². The molecule has 1 rings (SSSR count). The van der Waals surface area contributed by atoms with E-state index in [-0.39, 0.29) is 0 Å². The van der Waals surface area contributed by atoms with E-state index in [1.807, 2.05) is 12.1 Å². The van der Waals surface area contributed by atoms with Crippen LogP contribution in [0.25, 0.3) is 0 Å². The predicted molar refractivity (Wildman–Crippen MR) is 69.2 cm³/mol. The average molecular weight is 250 g/mol. The van der Waals surface area contributed by atoms with E-state index in [0.29, 0.717) is 11.5 Å². The van der Waals surface area contributed by atoms with Crippen LogP contribution in [0.15, 0.2) is 49.9 Å². The fraction of sp³-hybridized carbons (Fsp3) is 0.286. The lowest BCUT2D eigenvalue weighted by Gasteiger charge is -2.19. The van der Waals surface area contributed by atoms with Gasteiger partial charge in [-0.1, -0.05) is 25.3 Å². The van der Waals surface area contributed by atoms with Crippen LogP contribution in [0.3, 0.4) is 0 Å². The van der Waals surface area contributed by atoms with Gasteiger partial charge in [0.2, 0.25) is 12.6 Å². The molecular weight excluding hydrogens is 232 g/mol. The van der Waals surface area contributed by atoms with E-state index in [4.69, 9.17) is 18.9 Å². The molecule has 98 valence electrons. The third-order valence-electron chi connectivity index (χ3n) is 2.01. The fourth-order valence-corrected chi connectivity index (χ4v) is 1.33. The molecule has 0 spiro atoms. The first-order chi connectivity index (χ1) is 8.67. The van der Waals surface area contributed by atoms with Crippen molar-refractivity contribution < 1.29 is 18.9 Å². The lowest BCUT2D eigenvalue weighted by atomic mass is 10.3. The predicted octanol–water partition coefficient (Wildman–Crippen LogP) is 3.46. The van der Waals surface area contributed by atoms with E-state index in [0.717, 1.165) is 0 Å². The van der Waals surface area contributed by atoms with Crippen LogP contribution in [-0.2, 0) is 9.47 Å². The van der Waals surface area contributed by atoms with E-state index in [2.05, 4.69) is 13.2 Å². The van der Waals surface area contributed by atoms with E-state index in [1.165, 1.54) is 12.5 Å². The van der Waals surface area contributed by atoms with Gasteiger partial charge in [0.15, 0.2) is 11.5 Å². The molecule has 0 aliphatic heterocycles. The second-order valence-corrected chi connectivity index (χ2v) is 3.42. The molecule has 0 radical (unpaired) electrons. The molecule has 0 aliphatic carbocycles. The van der Waals surface area contributed by atoms with Gasteiger partial charge >= 0.3 is 0 Å². The number of rotatable bonds is 8. The van der Waals surface area contributed by atoms with E-state index in [9.17, 15) is 0 Å². The highest BCUT2D eigenvalue weighted by molar-refractivity contribution is 5.39. The number of benzene rings is 1. The van der Waals surface area contributed by atoms with Crippen molar-refractivity contribution in [2.24, 2.45) is 0 Å². The summed E-state index contributed by atoms with van der Waals surface area (Å²) in [5, 5.41) is 0. The molecule has 1 aromatic rings. The van der Waals surface area contributed by atoms with Crippen LogP contribution in [0.2, 0.25) is 0 Å². The second-order valence-electron chi connectivity index (χ2n) is 3.42. The lowest BCUT2D eigenvalue weighted by molar-refractivity contribution is -0.0321. The summed E-state index contributed by atoms with van der Waals surface area (Å²) in [7, 11) is 0. The zero-order valence-electron chi connectivity index (χ0n) is 10.7. The van der Waals surface area contributed by atoms with Gasteiger partial charge in [-0.25, -0.2) is 0 Å². The highest BCUT2D eigenvalue weighted by atomic mass is 16.7. The van der Waals surface area contributed by atoms with Crippen LogP contribution in [-0.4, -0.2) is 12.6 Å². The van der Waals surface area contributed by atoms with Crippen LogP contribution < -0.4 is 9.47 Å². The summed E-state index contributed by atoms with van der Waals surface area (Å²) in [6, 6.07) is 7.28. The first kappa shape index (κ1) is 14.0. The van der Waals surface area contributed by atoms with Gasteiger partial charge in [-0.3, -0.25) is 0 Å². The Morgan fingerprint density at radius 3 is 1.61 bits per heavy atom. The van der Waals surface area contributed by atoms with Gasteiger partial charge in [-0.2, -0.15) is 0 Å². The first-order valence-corrected chi connectivity index (χ1v) is 5.62. The third-order valence-corrected chi connectivity index (χ3v) is 2.01. The summed E-state index contributed by atoms with van der Waals surface area (Å²) < 4.78 is 21.3. The van der Waals surface area contributed by atoms with Gasteiger partial charge in [-0.05, 0) is 12.1 Å². The molecule has 0 aliphatic rings. The van der Waals surface area contributed by atoms with Gasteiger partial charge in [0.25, 0.3) is 0 Å². The van der Waals surface area contributed by atoms with Crippen LogP contribution in [0.5, 0.6) is 11.5 Å². The van der Waals surface area contributed by atoms with Crippen LogP contribution in [0, 0.1) is 0 Å². The summed E-state index contributed by atoms with van der Waals surface area (Å²) in [4.78, 5) is 0. The summed E-state index contributed by atoms with van der Waals surface area (Å²) in [5.41, 5.74) is 0. The molecule has 0 N–H and O–H groups in total. The molecule has 0 heterocycles. The topological polar surface area (TPSA) is 36.9 Å². The lowest BCUT2D eigenvalue weighted by Crippen LogP contribution is -2.16. The highest BCUT2D eigenvalue weighted by Gasteiger charge is 2.11. The van der Waals surface area contributed by atoms with E-state index >= 15 is 0 Å². The Labute approximate surface area is 107 Å². The molecule has 2 atom stereocenters. The molecular formula is C14H18O4. The largest absolute Gasteiger partial charge is 0.463 e. The molecule has 1 aromatic carbocycles. The van der Waals surface area contributed by atoms with E-state index < -0.39 is 12.6 Å². The van der Waals surface area contributed by atoms with Crippen LogP contribution >= 0.6 is 0 Å². The van der Waals surface area contributed by atoms with Crippen molar-refractivity contribution in [2.75, 3.05) is 0 Å². The Morgan fingerprint density at radius 1 is 0.889 bits per heavy atom. The maximum Gasteiger partial charge on any atom is 0.237 e. The Kier molecular flexibility index (Phi) is 5.64. The molecule has 0 saturated carbocycles. The second kappa shape index (κ2) is 7.27. The number of hydrogen-bond donors (Lipinski definition) is 0. The molecule has 4 nitrogen and oxygen atoms in total. The van der Waals surface area contributed by atoms with Crippen molar-refractivity contribution in [3.05, 3.63) is 49.9 Å². The SMILES string of the molecule is C=COC(C)Oc1ccccc1OC(C)OC=C. The molecule has 4 heteroatoms. The maximum absolute atomic E-state index is 5.57. The normalized spacial score (nSPS) is 13.0. The molecule has 0 fully saturated rings.